The Bertz CT molecular complexity index is 331. The topological polar surface area (TPSA) is 0 Å². The summed E-state index contributed by atoms with van der Waals surface area (Å²) in [5.41, 5.74) is 3.84. The van der Waals surface area contributed by atoms with Gasteiger partial charge in [0.1, 0.15) is 0 Å². The van der Waals surface area contributed by atoms with Crippen molar-refractivity contribution in [3.63, 3.8) is 0 Å². The molecular formula is C13H20S. The minimum Gasteiger partial charge on any atom is -0.148 e. The Morgan fingerprint density at radius 2 is 2.07 bits per heavy atom. The molecule has 78 valence electrons. The van der Waals surface area contributed by atoms with Gasteiger partial charge in [-0.2, -0.15) is 0 Å². The average Bonchev–Trinajstić information content (AvgIpc) is 2.44. The molecule has 0 aromatic carbocycles. The molecule has 0 saturated heterocycles. The van der Waals surface area contributed by atoms with Crippen molar-refractivity contribution in [3.05, 3.63) is 21.4 Å². The molecule has 0 aliphatic heterocycles. The van der Waals surface area contributed by atoms with E-state index in [9.17, 15) is 0 Å². The van der Waals surface area contributed by atoms with E-state index in [-0.39, 0.29) is 0 Å². The van der Waals surface area contributed by atoms with E-state index in [1.165, 1.54) is 19.3 Å². The zero-order valence-corrected chi connectivity index (χ0v) is 10.5. The van der Waals surface area contributed by atoms with E-state index in [2.05, 4.69) is 33.1 Å². The maximum Gasteiger partial charge on any atom is 0.0106 e. The molecule has 1 aliphatic carbocycles. The fraction of sp³-hybridized carbons (Fsp3) is 0.692. The van der Waals surface area contributed by atoms with Gasteiger partial charge in [-0.15, -0.1) is 11.3 Å². The Morgan fingerprint density at radius 1 is 1.36 bits per heavy atom. The van der Waals surface area contributed by atoms with Crippen LogP contribution in [0.25, 0.3) is 0 Å². The second-order valence-electron chi connectivity index (χ2n) is 5.60. The fourth-order valence-electron chi connectivity index (χ4n) is 2.37. The standard InChI is InChI=1S/C13H20S/c1-9(2)12-11-7-13(3,4)6-5-10(11)8-14-12/h8-9H,5-7H2,1-4H3. The molecule has 0 fully saturated rings. The lowest BCUT2D eigenvalue weighted by Crippen LogP contribution is -2.22. The summed E-state index contributed by atoms with van der Waals surface area (Å²) in [5, 5.41) is 2.39. The van der Waals surface area contributed by atoms with Crippen molar-refractivity contribution in [2.45, 2.75) is 52.9 Å². The summed E-state index contributed by atoms with van der Waals surface area (Å²) in [4.78, 5) is 1.63. The van der Waals surface area contributed by atoms with E-state index in [1.54, 1.807) is 16.0 Å². The lowest BCUT2D eigenvalue weighted by Gasteiger charge is -2.30. The van der Waals surface area contributed by atoms with Gasteiger partial charge in [0.25, 0.3) is 0 Å². The van der Waals surface area contributed by atoms with Gasteiger partial charge < -0.3 is 0 Å². The third-order valence-electron chi connectivity index (χ3n) is 3.26. The van der Waals surface area contributed by atoms with Crippen LogP contribution >= 0.6 is 11.3 Å². The van der Waals surface area contributed by atoms with Gasteiger partial charge in [-0.1, -0.05) is 27.7 Å². The van der Waals surface area contributed by atoms with E-state index >= 15 is 0 Å². The molecule has 0 nitrogen and oxygen atoms in total. The maximum absolute atomic E-state index is 2.40. The quantitative estimate of drug-likeness (QED) is 0.642. The SMILES string of the molecule is CC(C)c1scc2c1CC(C)(C)CC2. The Kier molecular flexibility index (Phi) is 2.46. The van der Waals surface area contributed by atoms with Crippen LogP contribution in [0.2, 0.25) is 0 Å². The van der Waals surface area contributed by atoms with Crippen LogP contribution in [0.1, 0.15) is 56.0 Å². The van der Waals surface area contributed by atoms with Crippen LogP contribution in [0, 0.1) is 5.41 Å². The van der Waals surface area contributed by atoms with Crippen LogP contribution in [-0.2, 0) is 12.8 Å². The number of thiophene rings is 1. The van der Waals surface area contributed by atoms with Crippen molar-refractivity contribution in [2.24, 2.45) is 5.41 Å². The summed E-state index contributed by atoms with van der Waals surface area (Å²) < 4.78 is 0. The molecular weight excluding hydrogens is 188 g/mol. The van der Waals surface area contributed by atoms with E-state index in [0.29, 0.717) is 11.3 Å². The summed E-state index contributed by atoms with van der Waals surface area (Å²) in [6.45, 7) is 9.43. The van der Waals surface area contributed by atoms with E-state index in [4.69, 9.17) is 0 Å². The number of hydrogen-bond acceptors (Lipinski definition) is 1. The second-order valence-corrected chi connectivity index (χ2v) is 6.51. The molecule has 0 unspecified atom stereocenters. The third-order valence-corrected chi connectivity index (χ3v) is 4.64. The first-order chi connectivity index (χ1) is 6.49. The van der Waals surface area contributed by atoms with Crippen molar-refractivity contribution < 1.29 is 0 Å². The Morgan fingerprint density at radius 3 is 2.71 bits per heavy atom. The summed E-state index contributed by atoms with van der Waals surface area (Å²) in [5.74, 6) is 0.706. The van der Waals surface area contributed by atoms with Crippen molar-refractivity contribution >= 4 is 11.3 Å². The molecule has 1 heterocycles. The minimum atomic E-state index is 0.526. The predicted molar refractivity (Wildman–Crippen MR) is 64.2 cm³/mol. The molecule has 0 saturated carbocycles. The van der Waals surface area contributed by atoms with E-state index in [0.717, 1.165) is 0 Å². The highest BCUT2D eigenvalue weighted by molar-refractivity contribution is 7.10. The average molecular weight is 208 g/mol. The smallest absolute Gasteiger partial charge is 0.0106 e. The molecule has 0 amide bonds. The molecule has 0 spiro atoms. The fourth-order valence-corrected chi connectivity index (χ4v) is 3.52. The van der Waals surface area contributed by atoms with E-state index < -0.39 is 0 Å². The van der Waals surface area contributed by atoms with Crippen LogP contribution < -0.4 is 0 Å². The highest BCUT2D eigenvalue weighted by atomic mass is 32.1. The Labute approximate surface area is 91.4 Å². The van der Waals surface area contributed by atoms with Crippen LogP contribution in [0.4, 0.5) is 0 Å². The van der Waals surface area contributed by atoms with Gasteiger partial charge in [0.2, 0.25) is 0 Å². The minimum absolute atomic E-state index is 0.526. The predicted octanol–water partition coefficient (Wildman–Crippen LogP) is 4.39. The molecule has 0 bridgehead atoms. The summed E-state index contributed by atoms with van der Waals surface area (Å²) in [6, 6.07) is 0. The molecule has 1 heteroatoms. The molecule has 14 heavy (non-hydrogen) atoms. The monoisotopic (exact) mass is 208 g/mol. The van der Waals surface area contributed by atoms with E-state index in [1.807, 2.05) is 11.3 Å². The summed E-state index contributed by atoms with van der Waals surface area (Å²) in [6.07, 6.45) is 3.94. The first-order valence-electron chi connectivity index (χ1n) is 5.59. The van der Waals surface area contributed by atoms with Gasteiger partial charge in [-0.3, -0.25) is 0 Å². The van der Waals surface area contributed by atoms with Gasteiger partial charge in [0.15, 0.2) is 0 Å². The van der Waals surface area contributed by atoms with Crippen molar-refractivity contribution in [3.8, 4) is 0 Å². The molecule has 0 radical (unpaired) electrons. The molecule has 0 N–H and O–H groups in total. The third kappa shape index (κ3) is 1.75. The summed E-state index contributed by atoms with van der Waals surface area (Å²) in [7, 11) is 0. The number of hydrogen-bond donors (Lipinski definition) is 0. The number of aryl methyl sites for hydroxylation is 1. The van der Waals surface area contributed by atoms with Gasteiger partial charge in [0, 0.05) is 4.88 Å². The van der Waals surface area contributed by atoms with Crippen LogP contribution in [0.3, 0.4) is 0 Å². The van der Waals surface area contributed by atoms with Gasteiger partial charge in [0.05, 0.1) is 0 Å². The normalized spacial score (nSPS) is 19.8. The van der Waals surface area contributed by atoms with Crippen molar-refractivity contribution in [2.75, 3.05) is 0 Å². The first-order valence-corrected chi connectivity index (χ1v) is 6.47. The van der Waals surface area contributed by atoms with Crippen molar-refractivity contribution in [1.82, 2.24) is 0 Å². The number of rotatable bonds is 1. The van der Waals surface area contributed by atoms with Gasteiger partial charge in [-0.25, -0.2) is 0 Å². The zero-order chi connectivity index (χ0) is 10.3. The Hall–Kier alpha value is -0.300. The lowest BCUT2D eigenvalue weighted by atomic mass is 9.74. The lowest BCUT2D eigenvalue weighted by molar-refractivity contribution is 0.315. The largest absolute Gasteiger partial charge is 0.148 e. The van der Waals surface area contributed by atoms with Gasteiger partial charge >= 0.3 is 0 Å². The Balaban J connectivity index is 2.38. The van der Waals surface area contributed by atoms with Crippen LogP contribution in [-0.4, -0.2) is 0 Å². The maximum atomic E-state index is 2.40. The van der Waals surface area contributed by atoms with Crippen LogP contribution in [0.5, 0.6) is 0 Å². The molecule has 1 aromatic rings. The van der Waals surface area contributed by atoms with Crippen LogP contribution in [0.15, 0.2) is 5.38 Å². The number of fused-ring (bicyclic) bond motifs is 1. The zero-order valence-electron chi connectivity index (χ0n) is 9.68. The van der Waals surface area contributed by atoms with Crippen molar-refractivity contribution in [1.29, 1.82) is 0 Å². The summed E-state index contributed by atoms with van der Waals surface area (Å²) >= 11 is 1.97. The molecule has 1 aromatic heterocycles. The highest BCUT2D eigenvalue weighted by Crippen LogP contribution is 2.41. The molecule has 1 aliphatic rings. The first kappa shape index (κ1) is 10.2. The molecule has 2 rings (SSSR count). The van der Waals surface area contributed by atoms with Gasteiger partial charge in [-0.05, 0) is 47.1 Å². The molecule has 0 atom stereocenters. The second kappa shape index (κ2) is 3.37. The highest BCUT2D eigenvalue weighted by Gasteiger charge is 2.28.